The molecule has 0 aliphatic heterocycles. The summed E-state index contributed by atoms with van der Waals surface area (Å²) in [5, 5.41) is 0.733. The van der Waals surface area contributed by atoms with E-state index in [4.69, 9.17) is 0 Å². The molecular weight excluding hydrogens is 391 g/mol. The summed E-state index contributed by atoms with van der Waals surface area (Å²) in [5.74, 6) is -0.451. The number of Topliss-reactive ketones (excluding diaryl/α,β-unsaturated/α-hetero) is 1. The molecule has 2 N–H and O–H groups in total. The van der Waals surface area contributed by atoms with Gasteiger partial charge < -0.3 is 4.98 Å². The fraction of sp³-hybridized carbons (Fsp3) is 0.0455. The Morgan fingerprint density at radius 2 is 1.72 bits per heavy atom. The molecule has 7 heteroatoms. The number of nitrogens with one attached hydrogen (secondary N) is 2. The van der Waals surface area contributed by atoms with Gasteiger partial charge in [-0.3, -0.25) is 9.52 Å². The first-order valence-corrected chi connectivity index (χ1v) is 10.3. The maximum Gasteiger partial charge on any atom is 0.261 e. The quantitative estimate of drug-likeness (QED) is 0.457. The number of H-pyrrole nitrogens is 1. The van der Waals surface area contributed by atoms with Crippen molar-refractivity contribution in [2.24, 2.45) is 0 Å². The van der Waals surface area contributed by atoms with Gasteiger partial charge in [0.1, 0.15) is 5.82 Å². The number of aromatic amines is 1. The number of carbonyl (C=O) groups excluding carboxylic acids is 1. The van der Waals surface area contributed by atoms with Crippen LogP contribution in [0.4, 0.5) is 10.1 Å². The molecule has 0 radical (unpaired) electrons. The summed E-state index contributed by atoms with van der Waals surface area (Å²) >= 11 is 0. The van der Waals surface area contributed by atoms with Gasteiger partial charge in [0.05, 0.1) is 4.90 Å². The molecule has 0 fully saturated rings. The molecule has 0 aliphatic rings. The third-order valence-electron chi connectivity index (χ3n) is 4.58. The van der Waals surface area contributed by atoms with Gasteiger partial charge in [-0.15, -0.1) is 0 Å². The number of hydrogen-bond acceptors (Lipinski definition) is 3. The van der Waals surface area contributed by atoms with E-state index in [0.29, 0.717) is 11.3 Å². The standard InChI is InChI=1S/C22H17FN2O3S/c1-14(26)15-5-8-20(9-6-15)29(27,28)25-19-4-2-3-16(12-19)22-13-17-11-18(23)7-10-21(17)24-22/h2-13,24-25H,1H3. The summed E-state index contributed by atoms with van der Waals surface area (Å²) < 4.78 is 41.3. The number of aromatic nitrogens is 1. The normalized spacial score (nSPS) is 11.5. The monoisotopic (exact) mass is 408 g/mol. The summed E-state index contributed by atoms with van der Waals surface area (Å²) in [6, 6.07) is 19.0. The van der Waals surface area contributed by atoms with Gasteiger partial charge in [0.2, 0.25) is 0 Å². The van der Waals surface area contributed by atoms with E-state index in [1.165, 1.54) is 43.3 Å². The minimum absolute atomic E-state index is 0.0639. The molecule has 1 aromatic heterocycles. The zero-order chi connectivity index (χ0) is 20.6. The van der Waals surface area contributed by atoms with Gasteiger partial charge in [-0.25, -0.2) is 12.8 Å². The van der Waals surface area contributed by atoms with Crippen molar-refractivity contribution < 1.29 is 17.6 Å². The van der Waals surface area contributed by atoms with Crippen molar-refractivity contribution in [1.82, 2.24) is 4.98 Å². The van der Waals surface area contributed by atoms with E-state index in [2.05, 4.69) is 9.71 Å². The van der Waals surface area contributed by atoms with E-state index >= 15 is 0 Å². The molecule has 5 nitrogen and oxygen atoms in total. The maximum atomic E-state index is 13.4. The Balaban J connectivity index is 1.63. The maximum absolute atomic E-state index is 13.4. The molecule has 4 rings (SSSR count). The van der Waals surface area contributed by atoms with E-state index < -0.39 is 10.0 Å². The fourth-order valence-corrected chi connectivity index (χ4v) is 4.14. The van der Waals surface area contributed by atoms with Crippen molar-refractivity contribution in [2.75, 3.05) is 4.72 Å². The van der Waals surface area contributed by atoms with Crippen LogP contribution in [0.25, 0.3) is 22.2 Å². The molecule has 0 saturated heterocycles. The van der Waals surface area contributed by atoms with Crippen LogP contribution < -0.4 is 4.72 Å². The van der Waals surface area contributed by atoms with E-state index in [1.807, 2.05) is 12.1 Å². The Morgan fingerprint density at radius 1 is 0.966 bits per heavy atom. The first-order valence-electron chi connectivity index (χ1n) is 8.84. The smallest absolute Gasteiger partial charge is 0.261 e. The molecule has 0 spiro atoms. The van der Waals surface area contributed by atoms with E-state index in [-0.39, 0.29) is 16.5 Å². The summed E-state index contributed by atoms with van der Waals surface area (Å²) in [7, 11) is -3.81. The number of anilines is 1. The van der Waals surface area contributed by atoms with Gasteiger partial charge in [0.15, 0.2) is 5.78 Å². The number of ketones is 1. The van der Waals surface area contributed by atoms with E-state index in [1.54, 1.807) is 24.3 Å². The number of rotatable bonds is 5. The lowest BCUT2D eigenvalue weighted by atomic mass is 10.1. The Bertz CT molecular complexity index is 1330. The first kappa shape index (κ1) is 18.9. The Kier molecular flexibility index (Phi) is 4.68. The Labute approximate surface area is 167 Å². The van der Waals surface area contributed by atoms with E-state index in [9.17, 15) is 17.6 Å². The van der Waals surface area contributed by atoms with Crippen LogP contribution in [0.1, 0.15) is 17.3 Å². The number of carbonyl (C=O) groups is 1. The molecular formula is C22H17FN2O3S. The van der Waals surface area contributed by atoms with Gasteiger partial charge in [-0.2, -0.15) is 0 Å². The second kappa shape index (κ2) is 7.18. The molecule has 146 valence electrons. The highest BCUT2D eigenvalue weighted by molar-refractivity contribution is 7.92. The second-order valence-electron chi connectivity index (χ2n) is 6.68. The number of benzene rings is 3. The van der Waals surface area contributed by atoms with Gasteiger partial charge in [0.25, 0.3) is 10.0 Å². The number of halogens is 1. The van der Waals surface area contributed by atoms with Crippen molar-refractivity contribution >= 4 is 32.4 Å². The van der Waals surface area contributed by atoms with Crippen LogP contribution in [0.3, 0.4) is 0 Å². The average Bonchev–Trinajstić information content (AvgIpc) is 3.11. The van der Waals surface area contributed by atoms with Crippen molar-refractivity contribution in [3.05, 3.63) is 84.2 Å². The SMILES string of the molecule is CC(=O)c1ccc(S(=O)(=O)Nc2cccc(-c3cc4cc(F)ccc4[nH]3)c2)cc1. The third-order valence-corrected chi connectivity index (χ3v) is 5.98. The van der Waals surface area contributed by atoms with Crippen LogP contribution in [-0.4, -0.2) is 19.2 Å². The van der Waals surface area contributed by atoms with Gasteiger partial charge >= 0.3 is 0 Å². The van der Waals surface area contributed by atoms with Crippen LogP contribution in [0.15, 0.2) is 77.7 Å². The lowest BCUT2D eigenvalue weighted by Crippen LogP contribution is -2.13. The highest BCUT2D eigenvalue weighted by Gasteiger charge is 2.15. The molecule has 1 heterocycles. The highest BCUT2D eigenvalue weighted by atomic mass is 32.2. The zero-order valence-corrected chi connectivity index (χ0v) is 16.3. The largest absolute Gasteiger partial charge is 0.355 e. The highest BCUT2D eigenvalue weighted by Crippen LogP contribution is 2.27. The average molecular weight is 408 g/mol. The van der Waals surface area contributed by atoms with Gasteiger partial charge in [-0.1, -0.05) is 24.3 Å². The minimum atomic E-state index is -3.81. The number of hydrogen-bond donors (Lipinski definition) is 2. The molecule has 0 saturated carbocycles. The fourth-order valence-electron chi connectivity index (χ4n) is 3.09. The lowest BCUT2D eigenvalue weighted by Gasteiger charge is -2.09. The zero-order valence-electron chi connectivity index (χ0n) is 15.4. The minimum Gasteiger partial charge on any atom is -0.355 e. The summed E-state index contributed by atoms with van der Waals surface area (Å²) in [6.07, 6.45) is 0. The molecule has 0 bridgehead atoms. The van der Waals surface area contributed by atoms with Crippen LogP contribution in [-0.2, 0) is 10.0 Å². The summed E-state index contributed by atoms with van der Waals surface area (Å²) in [6.45, 7) is 1.42. The molecule has 4 aromatic rings. The number of fused-ring (bicyclic) bond motifs is 1. The molecule has 3 aromatic carbocycles. The molecule has 0 atom stereocenters. The predicted molar refractivity (Wildman–Crippen MR) is 111 cm³/mol. The van der Waals surface area contributed by atoms with E-state index in [0.717, 1.165) is 22.2 Å². The van der Waals surface area contributed by atoms with Crippen molar-refractivity contribution in [1.29, 1.82) is 0 Å². The second-order valence-corrected chi connectivity index (χ2v) is 8.36. The van der Waals surface area contributed by atoms with Gasteiger partial charge in [-0.05, 0) is 55.5 Å². The van der Waals surface area contributed by atoms with Crippen LogP contribution in [0, 0.1) is 5.82 Å². The number of sulfonamides is 1. The van der Waals surface area contributed by atoms with Crippen LogP contribution in [0.2, 0.25) is 0 Å². The molecule has 0 aliphatic carbocycles. The topological polar surface area (TPSA) is 79.0 Å². The van der Waals surface area contributed by atoms with Crippen molar-refractivity contribution in [2.45, 2.75) is 11.8 Å². The van der Waals surface area contributed by atoms with Crippen molar-refractivity contribution in [3.63, 3.8) is 0 Å². The lowest BCUT2D eigenvalue weighted by molar-refractivity contribution is 0.101. The van der Waals surface area contributed by atoms with Gasteiger partial charge in [0, 0.05) is 33.4 Å². The summed E-state index contributed by atoms with van der Waals surface area (Å²) in [5.41, 5.74) is 3.13. The van der Waals surface area contributed by atoms with Crippen LogP contribution >= 0.6 is 0 Å². The molecule has 0 amide bonds. The third kappa shape index (κ3) is 3.90. The molecule has 29 heavy (non-hydrogen) atoms. The Hall–Kier alpha value is -3.45. The first-order chi connectivity index (χ1) is 13.8. The summed E-state index contributed by atoms with van der Waals surface area (Å²) in [4.78, 5) is 14.6. The molecule has 0 unspecified atom stereocenters. The van der Waals surface area contributed by atoms with Crippen LogP contribution in [0.5, 0.6) is 0 Å². The van der Waals surface area contributed by atoms with Crippen molar-refractivity contribution in [3.8, 4) is 11.3 Å². The Morgan fingerprint density at radius 3 is 2.45 bits per heavy atom. The predicted octanol–water partition coefficient (Wildman–Crippen LogP) is 4.98.